The van der Waals surface area contributed by atoms with Gasteiger partial charge in [0.2, 0.25) is 0 Å². The summed E-state index contributed by atoms with van der Waals surface area (Å²) in [5.74, 6) is 0. The van der Waals surface area contributed by atoms with Crippen molar-refractivity contribution in [1.82, 2.24) is 0 Å². The van der Waals surface area contributed by atoms with Crippen molar-refractivity contribution in [3.05, 3.63) is 35.9 Å². The smallest absolute Gasteiger partial charge is 0.0506 e. The van der Waals surface area contributed by atoms with Crippen LogP contribution in [-0.4, -0.2) is 13.2 Å². The van der Waals surface area contributed by atoms with Crippen LogP contribution in [0.2, 0.25) is 0 Å². The Bertz CT molecular complexity index is 193. The monoisotopic (exact) mass is 164 g/mol. The van der Waals surface area contributed by atoms with Crippen LogP contribution in [0.15, 0.2) is 30.3 Å². The van der Waals surface area contributed by atoms with Crippen molar-refractivity contribution in [2.75, 3.05) is 13.2 Å². The van der Waals surface area contributed by atoms with E-state index in [0.29, 0.717) is 0 Å². The molecule has 1 rings (SSSR count). The minimum absolute atomic E-state index is 0.845. The van der Waals surface area contributed by atoms with E-state index in [4.69, 9.17) is 4.74 Å². The molecule has 0 spiro atoms. The third kappa shape index (κ3) is 3.54. The molecule has 0 radical (unpaired) electrons. The summed E-state index contributed by atoms with van der Waals surface area (Å²) in [6.07, 6.45) is 2.13. The fourth-order valence-electron chi connectivity index (χ4n) is 1.08. The first-order valence-corrected chi connectivity index (χ1v) is 4.55. The molecule has 0 heterocycles. The highest BCUT2D eigenvalue weighted by molar-refractivity contribution is 5.14. The molecule has 0 amide bonds. The highest BCUT2D eigenvalue weighted by Crippen LogP contribution is 1.99. The van der Waals surface area contributed by atoms with Crippen LogP contribution in [0.4, 0.5) is 0 Å². The minimum Gasteiger partial charge on any atom is -0.381 e. The average molecular weight is 164 g/mol. The van der Waals surface area contributed by atoms with Gasteiger partial charge in [-0.25, -0.2) is 0 Å². The molecular weight excluding hydrogens is 148 g/mol. The van der Waals surface area contributed by atoms with Crippen molar-refractivity contribution in [2.45, 2.75) is 19.8 Å². The lowest BCUT2D eigenvalue weighted by atomic mass is 10.2. The molecule has 12 heavy (non-hydrogen) atoms. The van der Waals surface area contributed by atoms with Crippen LogP contribution in [0.5, 0.6) is 0 Å². The van der Waals surface area contributed by atoms with E-state index in [-0.39, 0.29) is 0 Å². The molecule has 0 bridgehead atoms. The Kier molecular flexibility index (Phi) is 4.47. The number of benzene rings is 1. The molecule has 0 aliphatic heterocycles. The SMILES string of the molecule is CCCOCCc1ccccc1. The Labute approximate surface area is 74.4 Å². The minimum atomic E-state index is 0.845. The van der Waals surface area contributed by atoms with Crippen molar-refractivity contribution in [3.63, 3.8) is 0 Å². The Morgan fingerprint density at radius 2 is 1.83 bits per heavy atom. The summed E-state index contributed by atoms with van der Waals surface area (Å²) in [5, 5.41) is 0. The van der Waals surface area contributed by atoms with Gasteiger partial charge in [-0.15, -0.1) is 0 Å². The Morgan fingerprint density at radius 1 is 1.08 bits per heavy atom. The Balaban J connectivity index is 2.16. The van der Waals surface area contributed by atoms with E-state index in [0.717, 1.165) is 26.1 Å². The molecule has 0 aliphatic carbocycles. The van der Waals surface area contributed by atoms with Gasteiger partial charge in [-0.3, -0.25) is 0 Å². The molecule has 1 heteroatoms. The van der Waals surface area contributed by atoms with E-state index in [2.05, 4.69) is 31.2 Å². The second-order valence-corrected chi connectivity index (χ2v) is 2.85. The van der Waals surface area contributed by atoms with E-state index in [1.54, 1.807) is 0 Å². The predicted octanol–water partition coefficient (Wildman–Crippen LogP) is 2.66. The van der Waals surface area contributed by atoms with Crippen LogP contribution in [0, 0.1) is 0 Å². The lowest BCUT2D eigenvalue weighted by Crippen LogP contribution is -1.98. The van der Waals surface area contributed by atoms with Crippen molar-refractivity contribution < 1.29 is 4.74 Å². The lowest BCUT2D eigenvalue weighted by molar-refractivity contribution is 0.138. The summed E-state index contributed by atoms with van der Waals surface area (Å²) >= 11 is 0. The molecule has 1 aromatic rings. The third-order valence-corrected chi connectivity index (χ3v) is 1.73. The summed E-state index contributed by atoms with van der Waals surface area (Å²) in [5.41, 5.74) is 1.36. The van der Waals surface area contributed by atoms with Gasteiger partial charge in [0.15, 0.2) is 0 Å². The molecule has 0 aliphatic rings. The fourth-order valence-corrected chi connectivity index (χ4v) is 1.08. The quantitative estimate of drug-likeness (QED) is 0.608. The van der Waals surface area contributed by atoms with Crippen LogP contribution in [0.3, 0.4) is 0 Å². The average Bonchev–Trinajstić information content (AvgIpc) is 2.14. The summed E-state index contributed by atoms with van der Waals surface area (Å²) in [6.45, 7) is 3.85. The van der Waals surface area contributed by atoms with Crippen molar-refractivity contribution in [1.29, 1.82) is 0 Å². The van der Waals surface area contributed by atoms with Gasteiger partial charge < -0.3 is 4.74 Å². The van der Waals surface area contributed by atoms with Gasteiger partial charge in [0.05, 0.1) is 6.61 Å². The fraction of sp³-hybridized carbons (Fsp3) is 0.455. The Morgan fingerprint density at radius 3 is 2.50 bits per heavy atom. The second kappa shape index (κ2) is 5.78. The van der Waals surface area contributed by atoms with Gasteiger partial charge in [0.25, 0.3) is 0 Å². The molecule has 0 fully saturated rings. The molecule has 0 saturated carbocycles. The standard InChI is InChI=1S/C11H16O/c1-2-9-12-10-8-11-6-4-3-5-7-11/h3-7H,2,8-10H2,1H3. The van der Waals surface area contributed by atoms with E-state index in [9.17, 15) is 0 Å². The molecule has 0 aromatic heterocycles. The van der Waals surface area contributed by atoms with Crippen molar-refractivity contribution >= 4 is 0 Å². The zero-order chi connectivity index (χ0) is 8.65. The lowest BCUT2D eigenvalue weighted by Gasteiger charge is -2.01. The molecule has 1 aromatic carbocycles. The molecule has 0 saturated heterocycles. The molecule has 66 valence electrons. The normalized spacial score (nSPS) is 10.1. The summed E-state index contributed by atoms with van der Waals surface area (Å²) in [7, 11) is 0. The summed E-state index contributed by atoms with van der Waals surface area (Å²) in [6, 6.07) is 10.4. The number of hydrogen-bond acceptors (Lipinski definition) is 1. The van der Waals surface area contributed by atoms with Gasteiger partial charge in [0, 0.05) is 6.61 Å². The van der Waals surface area contributed by atoms with Crippen LogP contribution in [0.25, 0.3) is 0 Å². The maximum atomic E-state index is 5.39. The first kappa shape index (κ1) is 9.27. The summed E-state index contributed by atoms with van der Waals surface area (Å²) in [4.78, 5) is 0. The van der Waals surface area contributed by atoms with Crippen LogP contribution < -0.4 is 0 Å². The second-order valence-electron chi connectivity index (χ2n) is 2.85. The zero-order valence-corrected chi connectivity index (χ0v) is 7.62. The van der Waals surface area contributed by atoms with Crippen molar-refractivity contribution in [3.8, 4) is 0 Å². The zero-order valence-electron chi connectivity index (χ0n) is 7.62. The first-order chi connectivity index (χ1) is 5.93. The topological polar surface area (TPSA) is 9.23 Å². The molecule has 1 nitrogen and oxygen atoms in total. The Hall–Kier alpha value is -0.820. The highest BCUT2D eigenvalue weighted by Gasteiger charge is 1.90. The van der Waals surface area contributed by atoms with E-state index < -0.39 is 0 Å². The van der Waals surface area contributed by atoms with Gasteiger partial charge in [-0.05, 0) is 18.4 Å². The van der Waals surface area contributed by atoms with E-state index >= 15 is 0 Å². The maximum Gasteiger partial charge on any atom is 0.0506 e. The van der Waals surface area contributed by atoms with Crippen LogP contribution in [0.1, 0.15) is 18.9 Å². The number of hydrogen-bond donors (Lipinski definition) is 0. The molecule has 0 N–H and O–H groups in total. The summed E-state index contributed by atoms with van der Waals surface area (Å²) < 4.78 is 5.39. The predicted molar refractivity (Wildman–Crippen MR) is 51.3 cm³/mol. The maximum absolute atomic E-state index is 5.39. The van der Waals surface area contributed by atoms with Crippen LogP contribution >= 0.6 is 0 Å². The van der Waals surface area contributed by atoms with Gasteiger partial charge >= 0.3 is 0 Å². The van der Waals surface area contributed by atoms with E-state index in [1.807, 2.05) is 6.07 Å². The third-order valence-electron chi connectivity index (χ3n) is 1.73. The molecule has 0 atom stereocenters. The van der Waals surface area contributed by atoms with E-state index in [1.165, 1.54) is 5.56 Å². The molecule has 0 unspecified atom stereocenters. The van der Waals surface area contributed by atoms with Gasteiger partial charge in [-0.2, -0.15) is 0 Å². The van der Waals surface area contributed by atoms with Crippen LogP contribution in [-0.2, 0) is 11.2 Å². The number of ether oxygens (including phenoxy) is 1. The van der Waals surface area contributed by atoms with Crippen molar-refractivity contribution in [2.24, 2.45) is 0 Å². The molecular formula is C11H16O. The van der Waals surface area contributed by atoms with Gasteiger partial charge in [-0.1, -0.05) is 37.3 Å². The number of rotatable bonds is 5. The van der Waals surface area contributed by atoms with Gasteiger partial charge in [0.1, 0.15) is 0 Å². The highest BCUT2D eigenvalue weighted by atomic mass is 16.5. The largest absolute Gasteiger partial charge is 0.381 e. The first-order valence-electron chi connectivity index (χ1n) is 4.55.